The van der Waals surface area contributed by atoms with Crippen molar-refractivity contribution >= 4 is 11.6 Å². The minimum atomic E-state index is 0.677. The predicted octanol–water partition coefficient (Wildman–Crippen LogP) is 4.70. The highest BCUT2D eigenvalue weighted by Crippen LogP contribution is 2.24. The monoisotopic (exact) mass is 231 g/mol. The van der Waals surface area contributed by atoms with Gasteiger partial charge in [-0.25, -0.2) is 0 Å². The predicted molar refractivity (Wildman–Crippen MR) is 67.0 cm³/mol. The molecule has 0 spiro atoms. The van der Waals surface area contributed by atoms with Gasteiger partial charge in [-0.05, 0) is 42.3 Å². The molecule has 81 valence electrons. The normalized spacial score (nSPS) is 10.1. The maximum atomic E-state index is 5.88. The first-order valence-corrected chi connectivity index (χ1v) is 5.48. The fraction of sp³-hybridized carbons (Fsp3) is 0.0714. The molecule has 0 amide bonds. The van der Waals surface area contributed by atoms with Crippen molar-refractivity contribution in [3.05, 3.63) is 65.5 Å². The lowest BCUT2D eigenvalue weighted by molar-refractivity contribution is 0.482. The third kappa shape index (κ3) is 2.77. The van der Waals surface area contributed by atoms with E-state index in [-0.39, 0.29) is 0 Å². The Morgan fingerprint density at radius 2 is 1.69 bits per heavy atom. The van der Waals surface area contributed by atoms with E-state index in [0.29, 0.717) is 5.02 Å². The van der Waals surface area contributed by atoms with Crippen LogP contribution in [0.25, 0.3) is 0 Å². The lowest BCUT2D eigenvalue weighted by Crippen LogP contribution is -1.85. The van der Waals surface area contributed by atoms with Crippen LogP contribution >= 0.6 is 11.6 Å². The molecule has 0 bridgehead atoms. The largest absolute Gasteiger partial charge is 0.457 e. The highest BCUT2D eigenvalue weighted by molar-refractivity contribution is 6.30. The molecule has 0 fully saturated rings. The fourth-order valence-corrected chi connectivity index (χ4v) is 1.60. The van der Waals surface area contributed by atoms with E-state index < -0.39 is 0 Å². The van der Waals surface area contributed by atoms with Gasteiger partial charge in [0.25, 0.3) is 0 Å². The summed E-state index contributed by atoms with van der Waals surface area (Å²) in [6, 6.07) is 15.3. The topological polar surface area (TPSA) is 9.23 Å². The summed E-state index contributed by atoms with van der Waals surface area (Å²) in [5.74, 6) is 1.57. The minimum absolute atomic E-state index is 0.677. The Kier molecular flexibility index (Phi) is 3.47. The fourth-order valence-electron chi connectivity index (χ4n) is 1.42. The Morgan fingerprint density at radius 1 is 1.00 bits per heavy atom. The van der Waals surface area contributed by atoms with Gasteiger partial charge in [-0.1, -0.05) is 36.7 Å². The zero-order chi connectivity index (χ0) is 11.4. The van der Waals surface area contributed by atoms with Gasteiger partial charge in [0.2, 0.25) is 0 Å². The number of rotatable bonds is 3. The molecular formula is C14H12ClO. The Labute approximate surface area is 101 Å². The quantitative estimate of drug-likeness (QED) is 0.744. The number of benzene rings is 2. The average molecular weight is 232 g/mol. The van der Waals surface area contributed by atoms with E-state index in [1.54, 1.807) is 6.07 Å². The van der Waals surface area contributed by atoms with Gasteiger partial charge in [0.05, 0.1) is 0 Å². The molecule has 0 N–H and O–H groups in total. The standard InChI is InChI=1S/C14H12ClO/c1-2-11-5-3-7-13(9-11)16-14-8-4-6-12(15)10-14/h2-10H,1H3. The van der Waals surface area contributed by atoms with Crippen molar-refractivity contribution in [2.24, 2.45) is 0 Å². The minimum Gasteiger partial charge on any atom is -0.457 e. The molecule has 0 saturated carbocycles. The van der Waals surface area contributed by atoms with E-state index in [2.05, 4.69) is 0 Å². The second-order valence-electron chi connectivity index (χ2n) is 3.42. The van der Waals surface area contributed by atoms with Crippen LogP contribution in [0.2, 0.25) is 5.02 Å². The molecule has 0 aliphatic rings. The summed E-state index contributed by atoms with van der Waals surface area (Å²) in [7, 11) is 0. The molecule has 2 rings (SSSR count). The van der Waals surface area contributed by atoms with E-state index in [1.807, 2.05) is 55.8 Å². The van der Waals surface area contributed by atoms with Gasteiger partial charge in [-0.15, -0.1) is 0 Å². The van der Waals surface area contributed by atoms with Crippen LogP contribution in [0, 0.1) is 6.42 Å². The van der Waals surface area contributed by atoms with Crippen molar-refractivity contribution in [2.45, 2.75) is 6.92 Å². The number of halogens is 1. The molecule has 1 radical (unpaired) electrons. The molecule has 2 aromatic carbocycles. The van der Waals surface area contributed by atoms with E-state index in [0.717, 1.165) is 17.1 Å². The second kappa shape index (κ2) is 5.04. The van der Waals surface area contributed by atoms with Crippen LogP contribution in [0.1, 0.15) is 12.5 Å². The van der Waals surface area contributed by atoms with Crippen molar-refractivity contribution < 1.29 is 4.74 Å². The Morgan fingerprint density at radius 3 is 2.38 bits per heavy atom. The Balaban J connectivity index is 2.20. The lowest BCUT2D eigenvalue weighted by Gasteiger charge is -2.06. The van der Waals surface area contributed by atoms with Crippen molar-refractivity contribution in [1.82, 2.24) is 0 Å². The third-order valence-corrected chi connectivity index (χ3v) is 2.46. The SMILES string of the molecule is C[CH]c1cccc(Oc2cccc(Cl)c2)c1. The molecule has 0 unspecified atom stereocenters. The molecule has 0 aliphatic heterocycles. The first-order chi connectivity index (χ1) is 7.78. The van der Waals surface area contributed by atoms with Gasteiger partial charge in [0, 0.05) is 5.02 Å². The average Bonchev–Trinajstić information content (AvgIpc) is 2.29. The zero-order valence-electron chi connectivity index (χ0n) is 8.98. The second-order valence-corrected chi connectivity index (χ2v) is 3.86. The molecule has 2 aromatic rings. The van der Waals surface area contributed by atoms with Gasteiger partial charge in [0.15, 0.2) is 0 Å². The van der Waals surface area contributed by atoms with E-state index in [4.69, 9.17) is 16.3 Å². The van der Waals surface area contributed by atoms with Crippen LogP contribution in [0.3, 0.4) is 0 Å². The third-order valence-electron chi connectivity index (χ3n) is 2.22. The van der Waals surface area contributed by atoms with Crippen LogP contribution in [0.15, 0.2) is 48.5 Å². The molecule has 0 atom stereocenters. The first-order valence-electron chi connectivity index (χ1n) is 5.11. The summed E-state index contributed by atoms with van der Waals surface area (Å²) < 4.78 is 5.70. The van der Waals surface area contributed by atoms with Crippen LogP contribution < -0.4 is 4.74 Å². The Hall–Kier alpha value is -1.47. The summed E-state index contributed by atoms with van der Waals surface area (Å²) in [6.07, 6.45) is 2.03. The van der Waals surface area contributed by atoms with Crippen molar-refractivity contribution in [2.75, 3.05) is 0 Å². The van der Waals surface area contributed by atoms with Gasteiger partial charge in [-0.2, -0.15) is 0 Å². The van der Waals surface area contributed by atoms with Gasteiger partial charge in [0.1, 0.15) is 11.5 Å². The molecule has 0 aromatic heterocycles. The molecule has 0 heterocycles. The summed E-state index contributed by atoms with van der Waals surface area (Å²) >= 11 is 5.88. The van der Waals surface area contributed by atoms with Gasteiger partial charge < -0.3 is 4.74 Å². The molecule has 16 heavy (non-hydrogen) atoms. The molecule has 0 aliphatic carbocycles. The maximum Gasteiger partial charge on any atom is 0.128 e. The summed E-state index contributed by atoms with van der Waals surface area (Å²) in [6.45, 7) is 2.00. The van der Waals surface area contributed by atoms with E-state index >= 15 is 0 Å². The van der Waals surface area contributed by atoms with Crippen LogP contribution in [-0.2, 0) is 0 Å². The van der Waals surface area contributed by atoms with Crippen molar-refractivity contribution in [3.63, 3.8) is 0 Å². The molecular weight excluding hydrogens is 220 g/mol. The summed E-state index contributed by atoms with van der Waals surface area (Å²) in [5.41, 5.74) is 1.14. The van der Waals surface area contributed by atoms with Gasteiger partial charge in [-0.3, -0.25) is 0 Å². The van der Waals surface area contributed by atoms with Crippen molar-refractivity contribution in [3.8, 4) is 11.5 Å². The first kappa shape index (κ1) is 11.0. The van der Waals surface area contributed by atoms with Gasteiger partial charge >= 0.3 is 0 Å². The van der Waals surface area contributed by atoms with E-state index in [1.165, 1.54) is 0 Å². The van der Waals surface area contributed by atoms with E-state index in [9.17, 15) is 0 Å². The number of hydrogen-bond acceptors (Lipinski definition) is 1. The highest BCUT2D eigenvalue weighted by atomic mass is 35.5. The molecule has 1 nitrogen and oxygen atoms in total. The van der Waals surface area contributed by atoms with Crippen molar-refractivity contribution in [1.29, 1.82) is 0 Å². The van der Waals surface area contributed by atoms with Crippen LogP contribution in [0.5, 0.6) is 11.5 Å². The smallest absolute Gasteiger partial charge is 0.128 e. The number of ether oxygens (including phenoxy) is 1. The van der Waals surface area contributed by atoms with Crippen LogP contribution in [0.4, 0.5) is 0 Å². The molecule has 2 heteroatoms. The number of hydrogen-bond donors (Lipinski definition) is 0. The van der Waals surface area contributed by atoms with Crippen LogP contribution in [-0.4, -0.2) is 0 Å². The Bertz CT molecular complexity index is 480. The highest BCUT2D eigenvalue weighted by Gasteiger charge is 1.98. The zero-order valence-corrected chi connectivity index (χ0v) is 9.74. The molecule has 0 saturated heterocycles. The summed E-state index contributed by atoms with van der Waals surface area (Å²) in [4.78, 5) is 0. The summed E-state index contributed by atoms with van der Waals surface area (Å²) in [5, 5.41) is 0.677. The lowest BCUT2D eigenvalue weighted by atomic mass is 10.2. The maximum absolute atomic E-state index is 5.88.